The molecule has 1 rings (SSSR count). The van der Waals surface area contributed by atoms with Crippen LogP contribution in [-0.4, -0.2) is 39.5 Å². The molecule has 28 heavy (non-hydrogen) atoms. The Balaban J connectivity index is 2.93. The molecule has 1 aromatic rings. The van der Waals surface area contributed by atoms with Gasteiger partial charge in [0.2, 0.25) is 10.0 Å². The second kappa shape index (κ2) is 11.0. The minimum Gasteiger partial charge on any atom is -0.452 e. The van der Waals surface area contributed by atoms with Crippen molar-refractivity contribution in [1.82, 2.24) is 10.0 Å². The van der Waals surface area contributed by atoms with Gasteiger partial charge in [0.25, 0.3) is 5.91 Å². The first-order chi connectivity index (χ1) is 13.0. The van der Waals surface area contributed by atoms with E-state index in [2.05, 4.69) is 10.0 Å². The van der Waals surface area contributed by atoms with Crippen LogP contribution in [0.5, 0.6) is 0 Å². The van der Waals surface area contributed by atoms with E-state index in [9.17, 15) is 18.0 Å². The Morgan fingerprint density at radius 2 is 1.79 bits per heavy atom. The summed E-state index contributed by atoms with van der Waals surface area (Å²) in [6.07, 6.45) is 1.71. The number of sulfonamides is 1. The van der Waals surface area contributed by atoms with E-state index in [1.54, 1.807) is 0 Å². The fourth-order valence-corrected chi connectivity index (χ4v) is 4.34. The van der Waals surface area contributed by atoms with Crippen molar-refractivity contribution in [2.45, 2.75) is 51.5 Å². The molecule has 0 spiro atoms. The van der Waals surface area contributed by atoms with E-state index in [4.69, 9.17) is 27.9 Å². The highest BCUT2D eigenvalue weighted by molar-refractivity contribution is 7.89. The van der Waals surface area contributed by atoms with Crippen molar-refractivity contribution < 1.29 is 22.7 Å². The van der Waals surface area contributed by atoms with Gasteiger partial charge < -0.3 is 10.1 Å². The van der Waals surface area contributed by atoms with E-state index in [0.29, 0.717) is 0 Å². The second-order valence-electron chi connectivity index (χ2n) is 6.84. The number of nitrogens with one attached hydrogen (secondary N) is 2. The minimum absolute atomic E-state index is 0.0425. The maximum absolute atomic E-state index is 12.4. The highest BCUT2D eigenvalue weighted by Gasteiger charge is 2.24. The number of benzene rings is 1. The zero-order valence-electron chi connectivity index (χ0n) is 16.3. The van der Waals surface area contributed by atoms with E-state index in [-0.39, 0.29) is 39.0 Å². The van der Waals surface area contributed by atoms with Crippen LogP contribution in [0.25, 0.3) is 0 Å². The van der Waals surface area contributed by atoms with Gasteiger partial charge in [-0.1, -0.05) is 50.4 Å². The molecule has 1 aromatic carbocycles. The van der Waals surface area contributed by atoms with Gasteiger partial charge in [-0.15, -0.1) is 0 Å². The first kappa shape index (κ1) is 24.7. The largest absolute Gasteiger partial charge is 0.452 e. The summed E-state index contributed by atoms with van der Waals surface area (Å²) in [5.74, 6) is -1.29. The molecule has 0 fully saturated rings. The molecule has 0 aromatic heterocycles. The fourth-order valence-electron chi connectivity index (χ4n) is 2.28. The molecule has 0 aliphatic rings. The summed E-state index contributed by atoms with van der Waals surface area (Å²) in [4.78, 5) is 23.8. The lowest BCUT2D eigenvalue weighted by Gasteiger charge is -2.14. The Morgan fingerprint density at radius 1 is 1.14 bits per heavy atom. The third-order valence-electron chi connectivity index (χ3n) is 3.68. The topological polar surface area (TPSA) is 102 Å². The number of esters is 1. The standard InChI is InChI=1S/C18H26Cl2N2O5S/c1-5-6-12(4)22-17(23)10-27-18(24)13-7-16(15(20)8-14(13)19)28(25,26)21-9-11(2)3/h7-8,11-12,21H,5-6,9-10H2,1-4H3,(H,22,23). The van der Waals surface area contributed by atoms with Gasteiger partial charge in [-0.3, -0.25) is 4.79 Å². The molecule has 0 saturated heterocycles. The van der Waals surface area contributed by atoms with Gasteiger partial charge in [0, 0.05) is 12.6 Å². The molecule has 0 heterocycles. The summed E-state index contributed by atoms with van der Waals surface area (Å²) in [7, 11) is -3.94. The summed E-state index contributed by atoms with van der Waals surface area (Å²) in [6.45, 7) is 7.24. The Bertz CT molecular complexity index is 812. The first-order valence-electron chi connectivity index (χ1n) is 8.93. The second-order valence-corrected chi connectivity index (χ2v) is 9.39. The van der Waals surface area contributed by atoms with Gasteiger partial charge in [-0.25, -0.2) is 17.9 Å². The third kappa shape index (κ3) is 7.58. The Kier molecular flexibility index (Phi) is 9.69. The van der Waals surface area contributed by atoms with Crippen LogP contribution in [-0.2, 0) is 19.6 Å². The van der Waals surface area contributed by atoms with E-state index in [0.717, 1.165) is 25.0 Å². The molecule has 0 aliphatic heterocycles. The zero-order chi connectivity index (χ0) is 21.5. The smallest absolute Gasteiger partial charge is 0.340 e. The molecule has 2 N–H and O–H groups in total. The Morgan fingerprint density at radius 3 is 2.36 bits per heavy atom. The summed E-state index contributed by atoms with van der Waals surface area (Å²) in [5, 5.41) is 2.51. The normalized spacial score (nSPS) is 12.7. The minimum atomic E-state index is -3.94. The summed E-state index contributed by atoms with van der Waals surface area (Å²) < 4.78 is 32.3. The van der Waals surface area contributed by atoms with Gasteiger partial charge in [0.05, 0.1) is 15.6 Å². The van der Waals surface area contributed by atoms with Crippen LogP contribution in [0.3, 0.4) is 0 Å². The molecule has 1 unspecified atom stereocenters. The maximum Gasteiger partial charge on any atom is 0.340 e. The Labute approximate surface area is 176 Å². The summed E-state index contributed by atoms with van der Waals surface area (Å²) in [6, 6.07) is 2.17. The number of carbonyl (C=O) groups is 2. The van der Waals surface area contributed by atoms with Crippen LogP contribution in [0, 0.1) is 5.92 Å². The van der Waals surface area contributed by atoms with Crippen molar-refractivity contribution in [1.29, 1.82) is 0 Å². The van der Waals surface area contributed by atoms with Gasteiger partial charge in [-0.2, -0.15) is 0 Å². The van der Waals surface area contributed by atoms with Crippen LogP contribution in [0.4, 0.5) is 0 Å². The molecule has 0 aliphatic carbocycles. The predicted molar refractivity (Wildman–Crippen MR) is 109 cm³/mol. The number of rotatable bonds is 10. The molecule has 1 amide bonds. The summed E-state index contributed by atoms with van der Waals surface area (Å²) in [5.41, 5.74) is -0.189. The SMILES string of the molecule is CCCC(C)NC(=O)COC(=O)c1cc(S(=O)(=O)NCC(C)C)c(Cl)cc1Cl. The van der Waals surface area contributed by atoms with Crippen molar-refractivity contribution in [3.63, 3.8) is 0 Å². The van der Waals surface area contributed by atoms with Crippen LogP contribution >= 0.6 is 23.2 Å². The quantitative estimate of drug-likeness (QED) is 0.529. The number of hydrogen-bond donors (Lipinski definition) is 2. The van der Waals surface area contributed by atoms with E-state index < -0.39 is 28.5 Å². The fraction of sp³-hybridized carbons (Fsp3) is 0.556. The zero-order valence-corrected chi connectivity index (χ0v) is 18.7. The lowest BCUT2D eigenvalue weighted by Crippen LogP contribution is -2.35. The molecular formula is C18H26Cl2N2O5S. The highest BCUT2D eigenvalue weighted by Crippen LogP contribution is 2.29. The van der Waals surface area contributed by atoms with Crippen molar-refractivity contribution in [3.05, 3.63) is 27.7 Å². The average molecular weight is 453 g/mol. The summed E-state index contributed by atoms with van der Waals surface area (Å²) >= 11 is 12.0. The first-order valence-corrected chi connectivity index (χ1v) is 11.2. The number of hydrogen-bond acceptors (Lipinski definition) is 5. The molecule has 1 atom stereocenters. The highest BCUT2D eigenvalue weighted by atomic mass is 35.5. The van der Waals surface area contributed by atoms with Gasteiger partial charge in [-0.05, 0) is 31.4 Å². The third-order valence-corrected chi connectivity index (χ3v) is 5.88. The number of amides is 1. The van der Waals surface area contributed by atoms with Crippen LogP contribution in [0.1, 0.15) is 50.9 Å². The number of halogens is 2. The lowest BCUT2D eigenvalue weighted by molar-refractivity contribution is -0.124. The van der Waals surface area contributed by atoms with Gasteiger partial charge in [0.15, 0.2) is 6.61 Å². The molecule has 0 saturated carbocycles. The van der Waals surface area contributed by atoms with Crippen molar-refractivity contribution >= 4 is 45.1 Å². The van der Waals surface area contributed by atoms with Crippen LogP contribution < -0.4 is 10.0 Å². The van der Waals surface area contributed by atoms with Gasteiger partial charge in [0.1, 0.15) is 4.90 Å². The van der Waals surface area contributed by atoms with E-state index in [1.165, 1.54) is 0 Å². The number of ether oxygens (including phenoxy) is 1. The van der Waals surface area contributed by atoms with Gasteiger partial charge >= 0.3 is 5.97 Å². The number of carbonyl (C=O) groups excluding carboxylic acids is 2. The van der Waals surface area contributed by atoms with Crippen LogP contribution in [0.15, 0.2) is 17.0 Å². The predicted octanol–water partition coefficient (Wildman–Crippen LogP) is 3.39. The van der Waals surface area contributed by atoms with E-state index >= 15 is 0 Å². The molecule has 10 heteroatoms. The van der Waals surface area contributed by atoms with Crippen LogP contribution in [0.2, 0.25) is 10.0 Å². The lowest BCUT2D eigenvalue weighted by atomic mass is 10.2. The molecule has 7 nitrogen and oxygen atoms in total. The maximum atomic E-state index is 12.4. The molecular weight excluding hydrogens is 427 g/mol. The van der Waals surface area contributed by atoms with Crippen molar-refractivity contribution in [3.8, 4) is 0 Å². The molecule has 0 bridgehead atoms. The molecule has 0 radical (unpaired) electrons. The van der Waals surface area contributed by atoms with E-state index in [1.807, 2.05) is 27.7 Å². The average Bonchev–Trinajstić information content (AvgIpc) is 2.58. The Hall–Kier alpha value is -1.35. The van der Waals surface area contributed by atoms with Crippen molar-refractivity contribution in [2.75, 3.05) is 13.2 Å². The monoisotopic (exact) mass is 452 g/mol. The van der Waals surface area contributed by atoms with Crippen molar-refractivity contribution in [2.24, 2.45) is 5.92 Å². The molecule has 158 valence electrons.